The molecule has 1 heterocycles. The molecule has 2 N–H and O–H groups in total. The monoisotopic (exact) mass is 431 g/mol. The SMILES string of the molecule is O=C(CSc1ccc(C(F)(F)F)cn1)NCCCC(=O)Nc1ccc(Cl)cc1. The molecule has 0 aliphatic carbocycles. The van der Waals surface area contributed by atoms with Gasteiger partial charge in [0.05, 0.1) is 16.3 Å². The fourth-order valence-electron chi connectivity index (χ4n) is 2.06. The van der Waals surface area contributed by atoms with Crippen LogP contribution in [0.5, 0.6) is 0 Å². The first-order valence-corrected chi connectivity index (χ1v) is 9.58. The molecule has 0 atom stereocenters. The van der Waals surface area contributed by atoms with Crippen molar-refractivity contribution in [1.29, 1.82) is 0 Å². The molecule has 2 amide bonds. The van der Waals surface area contributed by atoms with Crippen molar-refractivity contribution in [3.63, 3.8) is 0 Å². The van der Waals surface area contributed by atoms with Crippen LogP contribution in [0, 0.1) is 0 Å². The molecule has 5 nitrogen and oxygen atoms in total. The van der Waals surface area contributed by atoms with Crippen molar-refractivity contribution in [3.8, 4) is 0 Å². The van der Waals surface area contributed by atoms with Crippen LogP contribution in [0.3, 0.4) is 0 Å². The topological polar surface area (TPSA) is 71.1 Å². The Balaban J connectivity index is 1.62. The zero-order valence-corrected chi connectivity index (χ0v) is 16.1. The minimum atomic E-state index is -4.44. The van der Waals surface area contributed by atoms with Gasteiger partial charge in [-0.05, 0) is 42.8 Å². The van der Waals surface area contributed by atoms with E-state index >= 15 is 0 Å². The van der Waals surface area contributed by atoms with E-state index in [0.717, 1.165) is 24.0 Å². The summed E-state index contributed by atoms with van der Waals surface area (Å²) in [5.41, 5.74) is -0.197. The first kappa shape index (κ1) is 22.0. The second-order valence-electron chi connectivity index (χ2n) is 5.68. The van der Waals surface area contributed by atoms with Crippen molar-refractivity contribution in [2.24, 2.45) is 0 Å². The number of thioether (sulfide) groups is 1. The van der Waals surface area contributed by atoms with Gasteiger partial charge in [0.2, 0.25) is 11.8 Å². The van der Waals surface area contributed by atoms with Gasteiger partial charge < -0.3 is 10.6 Å². The number of anilines is 1. The summed E-state index contributed by atoms with van der Waals surface area (Å²) in [4.78, 5) is 27.2. The number of pyridine rings is 1. The largest absolute Gasteiger partial charge is 0.417 e. The summed E-state index contributed by atoms with van der Waals surface area (Å²) in [5.74, 6) is -0.445. The van der Waals surface area contributed by atoms with Crippen LogP contribution in [-0.2, 0) is 15.8 Å². The summed E-state index contributed by atoms with van der Waals surface area (Å²) in [6, 6.07) is 8.86. The predicted molar refractivity (Wildman–Crippen MR) is 102 cm³/mol. The number of nitrogens with one attached hydrogen (secondary N) is 2. The van der Waals surface area contributed by atoms with E-state index in [2.05, 4.69) is 15.6 Å². The summed E-state index contributed by atoms with van der Waals surface area (Å²) in [7, 11) is 0. The van der Waals surface area contributed by atoms with E-state index < -0.39 is 11.7 Å². The zero-order valence-electron chi connectivity index (χ0n) is 14.6. The highest BCUT2D eigenvalue weighted by atomic mass is 35.5. The van der Waals surface area contributed by atoms with Gasteiger partial charge in [-0.1, -0.05) is 23.4 Å². The van der Waals surface area contributed by atoms with Crippen LogP contribution in [0.15, 0.2) is 47.6 Å². The maximum Gasteiger partial charge on any atom is 0.417 e. The van der Waals surface area contributed by atoms with Gasteiger partial charge in [0.25, 0.3) is 0 Å². The molecule has 0 radical (unpaired) electrons. The van der Waals surface area contributed by atoms with E-state index in [-0.39, 0.29) is 24.0 Å². The summed E-state index contributed by atoms with van der Waals surface area (Å²) in [6.07, 6.45) is -3.02. The molecule has 0 unspecified atom stereocenters. The lowest BCUT2D eigenvalue weighted by Crippen LogP contribution is -2.27. The third-order valence-corrected chi connectivity index (χ3v) is 4.64. The molecule has 0 spiro atoms. The van der Waals surface area contributed by atoms with Crippen molar-refractivity contribution >= 4 is 40.9 Å². The molecule has 2 rings (SSSR count). The van der Waals surface area contributed by atoms with Crippen molar-refractivity contribution in [2.75, 3.05) is 17.6 Å². The second-order valence-corrected chi connectivity index (χ2v) is 7.11. The number of benzene rings is 1. The van der Waals surface area contributed by atoms with E-state index in [0.29, 0.717) is 28.7 Å². The second kappa shape index (κ2) is 10.3. The molecule has 2 aromatic rings. The van der Waals surface area contributed by atoms with Crippen LogP contribution in [0.1, 0.15) is 18.4 Å². The molecular formula is C18H17ClF3N3O2S. The quantitative estimate of drug-likeness (QED) is 0.480. The van der Waals surface area contributed by atoms with Gasteiger partial charge in [-0.15, -0.1) is 0 Å². The van der Waals surface area contributed by atoms with E-state index in [1.54, 1.807) is 24.3 Å². The Morgan fingerprint density at radius 1 is 1.07 bits per heavy atom. The van der Waals surface area contributed by atoms with Gasteiger partial charge in [-0.25, -0.2) is 4.98 Å². The molecule has 0 saturated heterocycles. The summed E-state index contributed by atoms with van der Waals surface area (Å²) < 4.78 is 37.4. The molecule has 10 heteroatoms. The van der Waals surface area contributed by atoms with Crippen LogP contribution >= 0.6 is 23.4 Å². The average Bonchev–Trinajstić information content (AvgIpc) is 2.65. The van der Waals surface area contributed by atoms with Crippen LogP contribution in [0.4, 0.5) is 18.9 Å². The van der Waals surface area contributed by atoms with Gasteiger partial charge in [0.1, 0.15) is 0 Å². The number of carbonyl (C=O) groups excluding carboxylic acids is 2. The van der Waals surface area contributed by atoms with Crippen molar-refractivity contribution in [2.45, 2.75) is 24.0 Å². The number of hydrogen-bond donors (Lipinski definition) is 2. The molecule has 0 aliphatic heterocycles. The van der Waals surface area contributed by atoms with Gasteiger partial charge in [-0.2, -0.15) is 13.2 Å². The molecule has 0 fully saturated rings. The Morgan fingerprint density at radius 3 is 2.39 bits per heavy atom. The third-order valence-electron chi connectivity index (χ3n) is 3.45. The number of amides is 2. The molecule has 1 aromatic heterocycles. The van der Waals surface area contributed by atoms with E-state index in [9.17, 15) is 22.8 Å². The summed E-state index contributed by atoms with van der Waals surface area (Å²) >= 11 is 6.80. The lowest BCUT2D eigenvalue weighted by molar-refractivity contribution is -0.137. The Hall–Kier alpha value is -2.26. The number of rotatable bonds is 8. The fraction of sp³-hybridized carbons (Fsp3) is 0.278. The Morgan fingerprint density at radius 2 is 1.79 bits per heavy atom. The standard InChI is InChI=1S/C18H17ClF3N3O2S/c19-13-4-6-14(7-5-13)25-15(26)2-1-9-23-16(27)11-28-17-8-3-12(10-24-17)18(20,21)22/h3-8,10H,1-2,9,11H2,(H,23,27)(H,25,26). The number of nitrogens with zero attached hydrogens (tertiary/aromatic N) is 1. The summed E-state index contributed by atoms with van der Waals surface area (Å²) in [6.45, 7) is 0.313. The molecule has 150 valence electrons. The molecule has 28 heavy (non-hydrogen) atoms. The maximum absolute atomic E-state index is 12.5. The van der Waals surface area contributed by atoms with Crippen LogP contribution < -0.4 is 10.6 Å². The minimum absolute atomic E-state index is 0.0232. The van der Waals surface area contributed by atoms with Gasteiger partial charge in [-0.3, -0.25) is 9.59 Å². The predicted octanol–water partition coefficient (Wildman–Crippen LogP) is 4.38. The molecular weight excluding hydrogens is 415 g/mol. The molecule has 0 bridgehead atoms. The van der Waals surface area contributed by atoms with Crippen molar-refractivity contribution in [1.82, 2.24) is 10.3 Å². The zero-order chi connectivity index (χ0) is 20.6. The van der Waals surface area contributed by atoms with Crippen molar-refractivity contribution in [3.05, 3.63) is 53.2 Å². The number of halogens is 4. The highest BCUT2D eigenvalue weighted by Gasteiger charge is 2.30. The van der Waals surface area contributed by atoms with Gasteiger partial charge in [0, 0.05) is 29.9 Å². The lowest BCUT2D eigenvalue weighted by Gasteiger charge is -2.08. The lowest BCUT2D eigenvalue weighted by atomic mass is 10.2. The molecule has 0 aliphatic rings. The van der Waals surface area contributed by atoms with Gasteiger partial charge >= 0.3 is 6.18 Å². The normalized spacial score (nSPS) is 11.1. The number of carbonyl (C=O) groups is 2. The third kappa shape index (κ3) is 7.77. The first-order valence-electron chi connectivity index (χ1n) is 8.22. The molecule has 0 saturated carbocycles. The number of alkyl halides is 3. The Kier molecular flexibility index (Phi) is 8.13. The highest BCUT2D eigenvalue weighted by molar-refractivity contribution is 7.99. The van der Waals surface area contributed by atoms with Crippen LogP contribution in [-0.4, -0.2) is 29.1 Å². The van der Waals surface area contributed by atoms with Crippen LogP contribution in [0.2, 0.25) is 5.02 Å². The average molecular weight is 432 g/mol. The highest BCUT2D eigenvalue weighted by Crippen LogP contribution is 2.29. The van der Waals surface area contributed by atoms with Crippen molar-refractivity contribution < 1.29 is 22.8 Å². The number of aromatic nitrogens is 1. The van der Waals surface area contributed by atoms with E-state index in [4.69, 9.17) is 11.6 Å². The van der Waals surface area contributed by atoms with E-state index in [1.165, 1.54) is 6.07 Å². The Bertz CT molecular complexity index is 799. The molecule has 1 aromatic carbocycles. The van der Waals surface area contributed by atoms with Gasteiger partial charge in [0.15, 0.2) is 0 Å². The Labute approximate surface area is 169 Å². The van der Waals surface area contributed by atoms with E-state index in [1.807, 2.05) is 0 Å². The summed E-state index contributed by atoms with van der Waals surface area (Å²) in [5, 5.41) is 6.27. The fourth-order valence-corrected chi connectivity index (χ4v) is 2.86. The maximum atomic E-state index is 12.5. The smallest absolute Gasteiger partial charge is 0.355 e. The first-order chi connectivity index (χ1) is 13.2. The number of hydrogen-bond acceptors (Lipinski definition) is 4. The van der Waals surface area contributed by atoms with Crippen LogP contribution in [0.25, 0.3) is 0 Å². The minimum Gasteiger partial charge on any atom is -0.355 e.